The van der Waals surface area contributed by atoms with Gasteiger partial charge in [-0.2, -0.15) is 0 Å². The SMILES string of the molecule is BC(=O)[C@H](C)NC(=O)C(NC(=O)CCC(C)(C)OCC)C(C)C. The summed E-state index contributed by atoms with van der Waals surface area (Å²) in [5.74, 6) is -0.597. The van der Waals surface area contributed by atoms with Gasteiger partial charge in [0.2, 0.25) is 11.8 Å². The molecule has 1 unspecified atom stereocenters. The van der Waals surface area contributed by atoms with Crippen LogP contribution in [0.25, 0.3) is 0 Å². The summed E-state index contributed by atoms with van der Waals surface area (Å²) >= 11 is 0. The molecule has 2 amide bonds. The van der Waals surface area contributed by atoms with E-state index in [1.54, 1.807) is 6.92 Å². The number of carbonyl (C=O) groups excluding carboxylic acids is 3. The van der Waals surface area contributed by atoms with E-state index in [4.69, 9.17) is 4.74 Å². The smallest absolute Gasteiger partial charge is 0.243 e. The van der Waals surface area contributed by atoms with E-state index >= 15 is 0 Å². The van der Waals surface area contributed by atoms with E-state index in [9.17, 15) is 14.4 Å². The molecule has 0 saturated carbocycles. The molecule has 0 fully saturated rings. The monoisotopic (exact) mass is 326 g/mol. The summed E-state index contributed by atoms with van der Waals surface area (Å²) in [4.78, 5) is 35.6. The standard InChI is InChI=1S/C16H31BN2O4/c1-7-23-16(5,6)9-8-12(20)19-13(10(2)3)15(22)18-11(4)14(17)21/h10-11,13H,7-9,17H2,1-6H3,(H,18,22)(H,19,20)/t11-,13?/m0/s1. The van der Waals surface area contributed by atoms with Crippen molar-refractivity contribution in [3.63, 3.8) is 0 Å². The number of hydrogen-bond acceptors (Lipinski definition) is 4. The largest absolute Gasteiger partial charge is 0.376 e. The molecule has 0 aliphatic rings. The Kier molecular flexibility index (Phi) is 9.13. The van der Waals surface area contributed by atoms with Gasteiger partial charge in [0.05, 0.1) is 11.6 Å². The van der Waals surface area contributed by atoms with E-state index in [0.29, 0.717) is 13.0 Å². The third-order valence-corrected chi connectivity index (χ3v) is 3.72. The molecule has 2 N–H and O–H groups in total. The van der Waals surface area contributed by atoms with E-state index in [1.807, 2.05) is 34.6 Å². The third-order valence-electron chi connectivity index (χ3n) is 3.72. The maximum absolute atomic E-state index is 12.2. The van der Waals surface area contributed by atoms with Gasteiger partial charge < -0.3 is 20.2 Å². The Hall–Kier alpha value is -1.37. The summed E-state index contributed by atoms with van der Waals surface area (Å²) in [6.07, 6.45) is 0.856. The number of hydrogen-bond donors (Lipinski definition) is 2. The Labute approximate surface area is 140 Å². The zero-order chi connectivity index (χ0) is 18.2. The predicted molar refractivity (Wildman–Crippen MR) is 92.9 cm³/mol. The molecule has 0 spiro atoms. The van der Waals surface area contributed by atoms with Crippen molar-refractivity contribution in [2.45, 2.75) is 72.1 Å². The Morgan fingerprint density at radius 3 is 2.13 bits per heavy atom. The van der Waals surface area contributed by atoms with E-state index in [2.05, 4.69) is 10.6 Å². The van der Waals surface area contributed by atoms with Crippen LogP contribution in [0, 0.1) is 5.92 Å². The lowest BCUT2D eigenvalue weighted by Crippen LogP contribution is -2.53. The van der Waals surface area contributed by atoms with Crippen molar-refractivity contribution in [3.8, 4) is 0 Å². The molecule has 0 aliphatic carbocycles. The minimum Gasteiger partial charge on any atom is -0.376 e. The first-order valence-corrected chi connectivity index (χ1v) is 8.24. The van der Waals surface area contributed by atoms with Crippen LogP contribution in [0.5, 0.6) is 0 Å². The fraction of sp³-hybridized carbons (Fsp3) is 0.812. The van der Waals surface area contributed by atoms with Crippen LogP contribution < -0.4 is 10.6 Å². The van der Waals surface area contributed by atoms with Gasteiger partial charge in [0.25, 0.3) is 0 Å². The Bertz CT molecular complexity index is 424. The Morgan fingerprint density at radius 2 is 1.70 bits per heavy atom. The second-order valence-electron chi connectivity index (χ2n) is 6.82. The zero-order valence-electron chi connectivity index (χ0n) is 15.5. The second-order valence-corrected chi connectivity index (χ2v) is 6.82. The zero-order valence-corrected chi connectivity index (χ0v) is 15.5. The van der Waals surface area contributed by atoms with Gasteiger partial charge in [0, 0.05) is 13.0 Å². The molecular weight excluding hydrogens is 295 g/mol. The molecule has 0 heterocycles. The molecule has 0 bridgehead atoms. The maximum Gasteiger partial charge on any atom is 0.243 e. The highest BCUT2D eigenvalue weighted by molar-refractivity contribution is 6.59. The van der Waals surface area contributed by atoms with Crippen molar-refractivity contribution in [1.29, 1.82) is 0 Å². The van der Waals surface area contributed by atoms with Gasteiger partial charge in [-0.15, -0.1) is 0 Å². The molecular formula is C16H31BN2O4. The highest BCUT2D eigenvalue weighted by Crippen LogP contribution is 2.16. The van der Waals surface area contributed by atoms with E-state index in [0.717, 1.165) is 0 Å². The lowest BCUT2D eigenvalue weighted by atomic mass is 9.95. The molecule has 23 heavy (non-hydrogen) atoms. The fourth-order valence-corrected chi connectivity index (χ4v) is 2.06. The van der Waals surface area contributed by atoms with E-state index in [1.165, 1.54) is 7.85 Å². The molecule has 0 rings (SSSR count). The molecule has 6 nitrogen and oxygen atoms in total. The average molecular weight is 326 g/mol. The van der Waals surface area contributed by atoms with Crippen LogP contribution in [0.4, 0.5) is 0 Å². The predicted octanol–water partition coefficient (Wildman–Crippen LogP) is 0.387. The summed E-state index contributed by atoms with van der Waals surface area (Å²) < 4.78 is 5.56. The minimum absolute atomic E-state index is 0.0713. The van der Waals surface area contributed by atoms with Crippen molar-refractivity contribution < 1.29 is 19.1 Å². The Morgan fingerprint density at radius 1 is 1.13 bits per heavy atom. The summed E-state index contributed by atoms with van der Waals surface area (Å²) in [5.41, 5.74) is -0.490. The summed E-state index contributed by atoms with van der Waals surface area (Å²) in [5, 5.41) is 5.39. The summed E-state index contributed by atoms with van der Waals surface area (Å²) in [6, 6.07) is -1.21. The summed E-state index contributed by atoms with van der Waals surface area (Å²) in [7, 11) is 1.42. The van der Waals surface area contributed by atoms with Gasteiger partial charge in [-0.05, 0) is 40.0 Å². The van der Waals surface area contributed by atoms with Crippen molar-refractivity contribution in [2.24, 2.45) is 5.92 Å². The summed E-state index contributed by atoms with van der Waals surface area (Å²) in [6.45, 7) is 11.7. The number of amides is 2. The average Bonchev–Trinajstić information content (AvgIpc) is 2.41. The number of ether oxygens (including phenoxy) is 1. The first kappa shape index (κ1) is 21.6. The molecule has 0 aromatic carbocycles. The second kappa shape index (κ2) is 9.70. The van der Waals surface area contributed by atoms with Crippen LogP contribution in [-0.4, -0.2) is 49.6 Å². The van der Waals surface area contributed by atoms with Crippen LogP contribution >= 0.6 is 0 Å². The molecule has 0 aromatic heterocycles. The van der Waals surface area contributed by atoms with Crippen molar-refractivity contribution in [2.75, 3.05) is 6.61 Å². The quantitative estimate of drug-likeness (QED) is 0.569. The van der Waals surface area contributed by atoms with Gasteiger partial charge >= 0.3 is 0 Å². The molecule has 0 aliphatic heterocycles. The lowest BCUT2D eigenvalue weighted by Gasteiger charge is -2.26. The highest BCUT2D eigenvalue weighted by atomic mass is 16.5. The van der Waals surface area contributed by atoms with Gasteiger partial charge in [-0.1, -0.05) is 13.8 Å². The van der Waals surface area contributed by atoms with Crippen LogP contribution in [0.15, 0.2) is 0 Å². The maximum atomic E-state index is 12.2. The topological polar surface area (TPSA) is 84.5 Å². The van der Waals surface area contributed by atoms with Crippen molar-refractivity contribution >= 4 is 25.3 Å². The minimum atomic E-state index is -0.653. The van der Waals surface area contributed by atoms with Gasteiger partial charge in [0.1, 0.15) is 11.7 Å². The molecule has 7 heteroatoms. The van der Waals surface area contributed by atoms with Crippen molar-refractivity contribution in [1.82, 2.24) is 10.6 Å². The Balaban J connectivity index is 4.61. The first-order valence-electron chi connectivity index (χ1n) is 8.24. The van der Waals surface area contributed by atoms with E-state index < -0.39 is 12.1 Å². The lowest BCUT2D eigenvalue weighted by molar-refractivity contribution is -0.131. The van der Waals surface area contributed by atoms with Crippen LogP contribution in [0.3, 0.4) is 0 Å². The molecule has 0 aromatic rings. The molecule has 132 valence electrons. The van der Waals surface area contributed by atoms with E-state index in [-0.39, 0.29) is 35.4 Å². The first-order chi connectivity index (χ1) is 10.5. The van der Waals surface area contributed by atoms with Gasteiger partial charge in [-0.3, -0.25) is 9.59 Å². The number of carbonyl (C=O) groups is 3. The van der Waals surface area contributed by atoms with Gasteiger partial charge in [-0.25, -0.2) is 0 Å². The van der Waals surface area contributed by atoms with Crippen LogP contribution in [0.2, 0.25) is 0 Å². The van der Waals surface area contributed by atoms with Crippen molar-refractivity contribution in [3.05, 3.63) is 0 Å². The number of nitrogens with one attached hydrogen (secondary N) is 2. The molecule has 2 atom stereocenters. The highest BCUT2D eigenvalue weighted by Gasteiger charge is 2.27. The molecule has 0 radical (unpaired) electrons. The number of rotatable bonds is 10. The normalized spacial score (nSPS) is 14.2. The van der Waals surface area contributed by atoms with Gasteiger partial charge in [0.15, 0.2) is 7.85 Å². The molecule has 0 saturated heterocycles. The fourth-order valence-electron chi connectivity index (χ4n) is 2.06. The van der Waals surface area contributed by atoms with Crippen LogP contribution in [-0.2, 0) is 19.1 Å². The van der Waals surface area contributed by atoms with Crippen LogP contribution in [0.1, 0.15) is 54.4 Å². The third kappa shape index (κ3) is 8.74.